The molecule has 3 heterocycles. The zero-order valence-electron chi connectivity index (χ0n) is 28.4. The molecule has 5 amide bonds. The first-order valence-corrected chi connectivity index (χ1v) is 16.8. The fourth-order valence-corrected chi connectivity index (χ4v) is 5.29. The molecule has 0 bridgehead atoms. The van der Waals surface area contributed by atoms with Crippen LogP contribution in [0.1, 0.15) is 51.9 Å². The van der Waals surface area contributed by atoms with E-state index in [1.54, 1.807) is 0 Å². The number of hydrogen-bond donors (Lipinski definition) is 10. The Balaban J connectivity index is 1.47. The molecule has 11 atom stereocenters. The Kier molecular flexibility index (Phi) is 17.1. The van der Waals surface area contributed by atoms with Crippen LogP contribution in [0.4, 0.5) is 0 Å². The van der Waals surface area contributed by atoms with Crippen molar-refractivity contribution in [1.29, 1.82) is 0 Å². The highest BCUT2D eigenvalue weighted by Crippen LogP contribution is 2.23. The average molecular weight is 753 g/mol. The van der Waals surface area contributed by atoms with Gasteiger partial charge in [0, 0.05) is 38.8 Å². The van der Waals surface area contributed by atoms with Crippen molar-refractivity contribution in [3.63, 3.8) is 0 Å². The summed E-state index contributed by atoms with van der Waals surface area (Å²) >= 11 is 0. The van der Waals surface area contributed by atoms with Crippen LogP contribution in [0.2, 0.25) is 0 Å². The summed E-state index contributed by atoms with van der Waals surface area (Å²) in [6, 6.07) is -1.42. The summed E-state index contributed by atoms with van der Waals surface area (Å²) in [5.41, 5.74) is 0. The molecule has 0 aliphatic carbocycles. The molecule has 0 spiro atoms. The van der Waals surface area contributed by atoms with Crippen LogP contribution in [0, 0.1) is 0 Å². The van der Waals surface area contributed by atoms with Crippen LogP contribution in [-0.2, 0) is 52.6 Å². The molecule has 3 fully saturated rings. The lowest BCUT2D eigenvalue weighted by Crippen LogP contribution is -2.59. The van der Waals surface area contributed by atoms with Crippen molar-refractivity contribution in [2.45, 2.75) is 119 Å². The molecule has 0 radical (unpaired) electrons. The van der Waals surface area contributed by atoms with Gasteiger partial charge in [-0.3, -0.25) is 24.0 Å². The van der Waals surface area contributed by atoms with E-state index in [-0.39, 0.29) is 64.8 Å². The van der Waals surface area contributed by atoms with Crippen molar-refractivity contribution >= 4 is 35.5 Å². The number of nitrogens with zero attached hydrogens (tertiary/aromatic N) is 1. The third-order valence-corrected chi connectivity index (χ3v) is 8.32. The molecule has 10 N–H and O–H groups in total. The number of aliphatic hydroxyl groups excluding tert-OH is 7. The number of hydrogen-bond acceptors (Lipinski definition) is 18. The van der Waals surface area contributed by atoms with E-state index < -0.39 is 116 Å². The number of rotatable bonds is 19. The second kappa shape index (κ2) is 20.7. The fourth-order valence-electron chi connectivity index (χ4n) is 5.29. The summed E-state index contributed by atoms with van der Waals surface area (Å²) in [4.78, 5) is 78.5. The minimum Gasteiger partial charge on any atom is -0.394 e. The van der Waals surface area contributed by atoms with E-state index >= 15 is 0 Å². The molecule has 3 saturated heterocycles. The molecular weight excluding hydrogens is 704 g/mol. The lowest BCUT2D eigenvalue weighted by atomic mass is 9.99. The molecule has 0 unspecified atom stereocenters. The molecule has 52 heavy (non-hydrogen) atoms. The third kappa shape index (κ3) is 12.3. The molecular formula is C30H48N4O18. The average Bonchev–Trinajstić information content (AvgIpc) is 3.42. The minimum absolute atomic E-state index is 0.0617. The maximum Gasteiger partial charge on any atom is 0.333 e. The second-order valence-corrected chi connectivity index (χ2v) is 12.3. The van der Waals surface area contributed by atoms with Crippen molar-refractivity contribution in [3.8, 4) is 0 Å². The van der Waals surface area contributed by atoms with Crippen molar-refractivity contribution in [1.82, 2.24) is 21.0 Å². The maximum atomic E-state index is 13.0. The van der Waals surface area contributed by atoms with Gasteiger partial charge in [0.05, 0.1) is 32.3 Å². The molecule has 3 rings (SSSR count). The van der Waals surface area contributed by atoms with Gasteiger partial charge >= 0.3 is 5.97 Å². The monoisotopic (exact) mass is 752 g/mol. The van der Waals surface area contributed by atoms with Crippen LogP contribution < -0.4 is 16.0 Å². The summed E-state index contributed by atoms with van der Waals surface area (Å²) in [5.74, 6) is -4.30. The van der Waals surface area contributed by atoms with Gasteiger partial charge in [-0.1, -0.05) is 0 Å². The van der Waals surface area contributed by atoms with Crippen LogP contribution in [0.3, 0.4) is 0 Å². The smallest absolute Gasteiger partial charge is 0.333 e. The molecule has 0 aromatic heterocycles. The van der Waals surface area contributed by atoms with Gasteiger partial charge in [-0.05, 0) is 19.8 Å². The Bertz CT molecular complexity index is 1220. The number of hydroxylamine groups is 2. The summed E-state index contributed by atoms with van der Waals surface area (Å²) < 4.78 is 21.2. The second-order valence-electron chi connectivity index (χ2n) is 12.3. The highest BCUT2D eigenvalue weighted by molar-refractivity contribution is 6.01. The quantitative estimate of drug-likeness (QED) is 0.0433. The molecule has 0 aromatic carbocycles. The predicted molar refractivity (Wildman–Crippen MR) is 166 cm³/mol. The van der Waals surface area contributed by atoms with E-state index in [1.807, 2.05) is 0 Å². The van der Waals surface area contributed by atoms with Crippen LogP contribution in [-0.4, -0.2) is 177 Å². The molecule has 296 valence electrons. The lowest BCUT2D eigenvalue weighted by molar-refractivity contribution is -0.300. The number of nitrogens with one attached hydrogen (secondary N) is 3. The van der Waals surface area contributed by atoms with E-state index in [4.69, 9.17) is 23.8 Å². The van der Waals surface area contributed by atoms with Gasteiger partial charge in [-0.25, -0.2) is 4.79 Å². The van der Waals surface area contributed by atoms with E-state index in [2.05, 4.69) is 16.0 Å². The van der Waals surface area contributed by atoms with Gasteiger partial charge in [0.15, 0.2) is 12.6 Å². The van der Waals surface area contributed by atoms with Crippen LogP contribution in [0.25, 0.3) is 0 Å². The predicted octanol–water partition coefficient (Wildman–Crippen LogP) is -6.08. The van der Waals surface area contributed by atoms with Gasteiger partial charge in [0.25, 0.3) is 11.8 Å². The highest BCUT2D eigenvalue weighted by atomic mass is 16.7. The lowest BCUT2D eigenvalue weighted by Gasteiger charge is -2.39. The number of aliphatic hydroxyl groups is 7. The van der Waals surface area contributed by atoms with Gasteiger partial charge in [-0.2, -0.15) is 0 Å². The fraction of sp³-hybridized carbons (Fsp3) is 0.800. The van der Waals surface area contributed by atoms with Crippen molar-refractivity contribution in [3.05, 3.63) is 0 Å². The van der Waals surface area contributed by atoms with Gasteiger partial charge in [0.2, 0.25) is 17.7 Å². The summed E-state index contributed by atoms with van der Waals surface area (Å²) in [6.07, 6.45) is -15.0. The Morgan fingerprint density at radius 3 is 1.94 bits per heavy atom. The van der Waals surface area contributed by atoms with Gasteiger partial charge in [-0.15, -0.1) is 5.06 Å². The first-order chi connectivity index (χ1) is 24.6. The summed E-state index contributed by atoms with van der Waals surface area (Å²) in [5, 5.41) is 76.8. The Morgan fingerprint density at radius 1 is 0.769 bits per heavy atom. The van der Waals surface area contributed by atoms with Crippen molar-refractivity contribution in [2.75, 3.05) is 32.9 Å². The largest absolute Gasteiger partial charge is 0.394 e. The number of amides is 5. The first kappa shape index (κ1) is 43.0. The van der Waals surface area contributed by atoms with E-state index in [1.165, 1.54) is 6.92 Å². The topological polar surface area (TPSA) is 330 Å². The molecule has 22 heteroatoms. The number of carbonyl (C=O) groups excluding carboxylic acids is 6. The molecule has 0 saturated carbocycles. The molecule has 3 aliphatic heterocycles. The normalized spacial score (nSPS) is 31.2. The zero-order chi connectivity index (χ0) is 38.5. The third-order valence-electron chi connectivity index (χ3n) is 8.32. The van der Waals surface area contributed by atoms with Crippen molar-refractivity contribution in [2.24, 2.45) is 0 Å². The maximum absolute atomic E-state index is 13.0. The SMILES string of the molecule is C[C@@H]1O[C@@H](OCCNC(=O)C[C@@H](NC(=O)CCCCC(=O)ON2C(=O)CCC2=O)C(=O)NCCO[C@H]2O[C@H](CO)[C@@H](O)[C@H](O)[C@@H]2O)[C@@H](O)[C@H](O)[C@@H]1O. The number of ether oxygens (including phenoxy) is 4. The molecule has 22 nitrogen and oxygen atoms in total. The van der Waals surface area contributed by atoms with E-state index in [0.29, 0.717) is 5.06 Å². The van der Waals surface area contributed by atoms with E-state index in [0.717, 1.165) is 0 Å². The van der Waals surface area contributed by atoms with Gasteiger partial charge < -0.3 is 75.5 Å². The standard InChI is InChI=1S/C30H48N4O18/c1-14-22(41)24(43)26(45)29(50-14)48-10-8-31-18(37)12-15(28(47)32-9-11-49-30-27(46)25(44)23(42)16(13-35)51-30)33-17(36)4-2-3-5-21(40)52-34-19(38)6-7-20(34)39/h14-16,22-27,29-30,35,41-46H,2-13H2,1H3,(H,31,37)(H,32,47)(H,33,36)/t14-,15+,16+,22+,23+,24+,25-,26-,27-,29+,30-/m0/s1. The molecule has 3 aliphatic rings. The number of imide groups is 1. The van der Waals surface area contributed by atoms with E-state index in [9.17, 15) is 64.5 Å². The van der Waals surface area contributed by atoms with Crippen LogP contribution >= 0.6 is 0 Å². The summed E-state index contributed by atoms with van der Waals surface area (Å²) in [7, 11) is 0. The Morgan fingerprint density at radius 2 is 1.33 bits per heavy atom. The van der Waals surface area contributed by atoms with Crippen LogP contribution in [0.15, 0.2) is 0 Å². The first-order valence-electron chi connectivity index (χ1n) is 16.8. The molecule has 0 aromatic rings. The summed E-state index contributed by atoms with van der Waals surface area (Å²) in [6.45, 7) is -0.0902. The number of carbonyl (C=O) groups is 6. The zero-order valence-corrected chi connectivity index (χ0v) is 28.4. The van der Waals surface area contributed by atoms with Crippen molar-refractivity contribution < 1.29 is 88.3 Å². The minimum atomic E-state index is -1.68. The highest BCUT2D eigenvalue weighted by Gasteiger charge is 2.44. The van der Waals surface area contributed by atoms with Gasteiger partial charge in [0.1, 0.15) is 48.8 Å². The Hall–Kier alpha value is -3.42. The van der Waals surface area contributed by atoms with Crippen LogP contribution in [0.5, 0.6) is 0 Å². The number of unbranched alkanes of at least 4 members (excludes halogenated alkanes) is 1. The Labute approximate surface area is 297 Å².